The SMILES string of the molecule is CCN(Cc1ccc(C(=O)N2CCCN(CC3CCCCC3)CC2)cc1)C(C)C. The average Bonchev–Trinajstić information content (AvgIpc) is 2.98. The van der Waals surface area contributed by atoms with Crippen LogP contribution in [0.3, 0.4) is 0 Å². The lowest BCUT2D eigenvalue weighted by atomic mass is 9.89. The van der Waals surface area contributed by atoms with E-state index in [2.05, 4.69) is 47.6 Å². The van der Waals surface area contributed by atoms with E-state index in [-0.39, 0.29) is 5.91 Å². The number of carbonyl (C=O) groups is 1. The summed E-state index contributed by atoms with van der Waals surface area (Å²) < 4.78 is 0. The average molecular weight is 400 g/mol. The fraction of sp³-hybridized carbons (Fsp3) is 0.720. The summed E-state index contributed by atoms with van der Waals surface area (Å²) in [5.41, 5.74) is 2.12. The van der Waals surface area contributed by atoms with E-state index in [1.165, 1.54) is 44.2 Å². The van der Waals surface area contributed by atoms with E-state index in [0.717, 1.165) is 57.2 Å². The van der Waals surface area contributed by atoms with E-state index in [4.69, 9.17) is 0 Å². The molecule has 0 bridgehead atoms. The maximum absolute atomic E-state index is 13.0. The van der Waals surface area contributed by atoms with Gasteiger partial charge in [0.05, 0.1) is 0 Å². The topological polar surface area (TPSA) is 26.8 Å². The van der Waals surface area contributed by atoms with Gasteiger partial charge in [0.25, 0.3) is 5.91 Å². The highest BCUT2D eigenvalue weighted by Gasteiger charge is 2.23. The molecule has 1 aliphatic heterocycles. The molecule has 2 fully saturated rings. The number of hydrogen-bond acceptors (Lipinski definition) is 3. The van der Waals surface area contributed by atoms with Crippen molar-refractivity contribution in [2.45, 2.75) is 71.9 Å². The minimum Gasteiger partial charge on any atom is -0.337 e. The number of amides is 1. The molecule has 0 radical (unpaired) electrons. The van der Waals surface area contributed by atoms with Crippen LogP contribution in [0.1, 0.15) is 75.2 Å². The molecule has 2 aliphatic rings. The summed E-state index contributed by atoms with van der Waals surface area (Å²) in [6.45, 7) is 13.8. The molecule has 0 N–H and O–H groups in total. The summed E-state index contributed by atoms with van der Waals surface area (Å²) >= 11 is 0. The largest absolute Gasteiger partial charge is 0.337 e. The van der Waals surface area contributed by atoms with E-state index in [1.54, 1.807) is 0 Å². The third kappa shape index (κ3) is 6.55. The van der Waals surface area contributed by atoms with Gasteiger partial charge in [0.1, 0.15) is 0 Å². The van der Waals surface area contributed by atoms with Crippen LogP contribution in [0.5, 0.6) is 0 Å². The Morgan fingerprint density at radius 3 is 2.38 bits per heavy atom. The van der Waals surface area contributed by atoms with Gasteiger partial charge in [-0.25, -0.2) is 0 Å². The summed E-state index contributed by atoms with van der Waals surface area (Å²) in [6, 6.07) is 8.85. The predicted octanol–water partition coefficient (Wildman–Crippen LogP) is 4.65. The van der Waals surface area contributed by atoms with Crippen molar-refractivity contribution in [1.82, 2.24) is 14.7 Å². The second kappa shape index (κ2) is 11.1. The Kier molecular flexibility index (Phi) is 8.55. The fourth-order valence-corrected chi connectivity index (χ4v) is 4.92. The molecule has 4 nitrogen and oxygen atoms in total. The molecule has 1 saturated heterocycles. The first-order chi connectivity index (χ1) is 14.1. The second-order valence-electron chi connectivity index (χ2n) is 9.30. The van der Waals surface area contributed by atoms with Gasteiger partial charge < -0.3 is 9.80 Å². The van der Waals surface area contributed by atoms with Gasteiger partial charge in [0, 0.05) is 44.3 Å². The van der Waals surface area contributed by atoms with Crippen molar-refractivity contribution in [3.05, 3.63) is 35.4 Å². The zero-order chi connectivity index (χ0) is 20.6. The molecule has 162 valence electrons. The third-order valence-electron chi connectivity index (χ3n) is 6.84. The van der Waals surface area contributed by atoms with Gasteiger partial charge in [-0.2, -0.15) is 0 Å². The molecule has 1 saturated carbocycles. The Bertz CT molecular complexity index is 621. The van der Waals surface area contributed by atoms with Crippen LogP contribution in [-0.4, -0.2) is 65.9 Å². The van der Waals surface area contributed by atoms with Crippen molar-refractivity contribution in [1.29, 1.82) is 0 Å². The summed E-state index contributed by atoms with van der Waals surface area (Å²) in [5, 5.41) is 0. The number of carbonyl (C=O) groups excluding carboxylic acids is 1. The van der Waals surface area contributed by atoms with Gasteiger partial charge in [-0.05, 0) is 69.8 Å². The van der Waals surface area contributed by atoms with Gasteiger partial charge in [0.2, 0.25) is 0 Å². The lowest BCUT2D eigenvalue weighted by molar-refractivity contribution is 0.0760. The molecule has 1 heterocycles. The smallest absolute Gasteiger partial charge is 0.253 e. The van der Waals surface area contributed by atoms with Crippen LogP contribution in [0.25, 0.3) is 0 Å². The summed E-state index contributed by atoms with van der Waals surface area (Å²) in [7, 11) is 0. The number of nitrogens with zero attached hydrogens (tertiary/aromatic N) is 3. The van der Waals surface area contributed by atoms with Crippen molar-refractivity contribution >= 4 is 5.91 Å². The lowest BCUT2D eigenvalue weighted by Crippen LogP contribution is -2.37. The Morgan fingerprint density at radius 2 is 1.72 bits per heavy atom. The monoisotopic (exact) mass is 399 g/mol. The highest BCUT2D eigenvalue weighted by atomic mass is 16.2. The molecule has 1 aliphatic carbocycles. The molecule has 3 rings (SSSR count). The van der Waals surface area contributed by atoms with Crippen molar-refractivity contribution in [2.75, 3.05) is 39.3 Å². The van der Waals surface area contributed by atoms with Gasteiger partial charge >= 0.3 is 0 Å². The van der Waals surface area contributed by atoms with Crippen molar-refractivity contribution < 1.29 is 4.79 Å². The van der Waals surface area contributed by atoms with E-state index in [0.29, 0.717) is 6.04 Å². The van der Waals surface area contributed by atoms with Gasteiger partial charge in [-0.1, -0.05) is 38.3 Å². The molecule has 1 aromatic carbocycles. The first-order valence-electron chi connectivity index (χ1n) is 11.9. The van der Waals surface area contributed by atoms with Gasteiger partial charge in [-0.15, -0.1) is 0 Å². The second-order valence-corrected chi connectivity index (χ2v) is 9.30. The highest BCUT2D eigenvalue weighted by molar-refractivity contribution is 5.94. The molecule has 0 aromatic heterocycles. The Labute approximate surface area is 178 Å². The minimum atomic E-state index is 0.201. The van der Waals surface area contributed by atoms with Crippen LogP contribution in [0.15, 0.2) is 24.3 Å². The fourth-order valence-electron chi connectivity index (χ4n) is 4.92. The first-order valence-corrected chi connectivity index (χ1v) is 11.9. The van der Waals surface area contributed by atoms with Crippen molar-refractivity contribution in [2.24, 2.45) is 5.92 Å². The molecule has 1 aromatic rings. The van der Waals surface area contributed by atoms with E-state index in [1.807, 2.05) is 12.1 Å². The normalized spacial score (nSPS) is 19.7. The molecular formula is C25H41N3O. The standard InChI is InChI=1S/C25H41N3O/c1-4-27(21(2)3)20-23-11-13-24(14-12-23)25(29)28-16-8-15-26(17-18-28)19-22-9-6-5-7-10-22/h11-14,21-22H,4-10,15-20H2,1-3H3. The van der Waals surface area contributed by atoms with Crippen LogP contribution in [-0.2, 0) is 6.54 Å². The van der Waals surface area contributed by atoms with Crippen LogP contribution in [0.2, 0.25) is 0 Å². The molecule has 0 atom stereocenters. The van der Waals surface area contributed by atoms with Gasteiger partial charge in [0.15, 0.2) is 0 Å². The van der Waals surface area contributed by atoms with Crippen molar-refractivity contribution in [3.8, 4) is 0 Å². The highest BCUT2D eigenvalue weighted by Crippen LogP contribution is 2.25. The molecular weight excluding hydrogens is 358 g/mol. The summed E-state index contributed by atoms with van der Waals surface area (Å²) in [4.78, 5) is 20.2. The van der Waals surface area contributed by atoms with Crippen molar-refractivity contribution in [3.63, 3.8) is 0 Å². The van der Waals surface area contributed by atoms with Crippen LogP contribution in [0, 0.1) is 5.92 Å². The molecule has 1 amide bonds. The van der Waals surface area contributed by atoms with Gasteiger partial charge in [-0.3, -0.25) is 9.69 Å². The van der Waals surface area contributed by atoms with E-state index >= 15 is 0 Å². The summed E-state index contributed by atoms with van der Waals surface area (Å²) in [5.74, 6) is 1.08. The third-order valence-corrected chi connectivity index (χ3v) is 6.84. The molecule has 0 unspecified atom stereocenters. The predicted molar refractivity (Wildman–Crippen MR) is 121 cm³/mol. The van der Waals surface area contributed by atoms with Crippen LogP contribution in [0.4, 0.5) is 0 Å². The number of benzene rings is 1. The molecule has 29 heavy (non-hydrogen) atoms. The zero-order valence-corrected chi connectivity index (χ0v) is 18.9. The Hall–Kier alpha value is -1.39. The number of rotatable bonds is 7. The first kappa shape index (κ1) is 22.3. The summed E-state index contributed by atoms with van der Waals surface area (Å²) in [6.07, 6.45) is 8.13. The van der Waals surface area contributed by atoms with Crippen LogP contribution >= 0.6 is 0 Å². The molecule has 4 heteroatoms. The van der Waals surface area contributed by atoms with E-state index < -0.39 is 0 Å². The quantitative estimate of drug-likeness (QED) is 0.668. The number of hydrogen-bond donors (Lipinski definition) is 0. The van der Waals surface area contributed by atoms with E-state index in [9.17, 15) is 4.79 Å². The maximum Gasteiger partial charge on any atom is 0.253 e. The lowest BCUT2D eigenvalue weighted by Gasteiger charge is -2.28. The molecule has 0 spiro atoms. The maximum atomic E-state index is 13.0. The zero-order valence-electron chi connectivity index (χ0n) is 18.9. The Morgan fingerprint density at radius 1 is 1.00 bits per heavy atom. The minimum absolute atomic E-state index is 0.201. The Balaban J connectivity index is 1.52. The van der Waals surface area contributed by atoms with Crippen LogP contribution < -0.4 is 0 Å².